The van der Waals surface area contributed by atoms with Crippen molar-refractivity contribution in [3.8, 4) is 17.4 Å². The highest BCUT2D eigenvalue weighted by Crippen LogP contribution is 2.35. The van der Waals surface area contributed by atoms with Gasteiger partial charge in [0.25, 0.3) is 11.9 Å². The van der Waals surface area contributed by atoms with E-state index in [0.717, 1.165) is 0 Å². The standard InChI is InChI=1S/C18H16ClN5O3/c1-10-16(19)11(2)24(22-10)18-20-7-6-13(21-18)17(25)23(3)12-4-5-14-15(8-12)27-9-26-14/h4-8H,9H2,1-3H3. The van der Waals surface area contributed by atoms with Crippen LogP contribution in [0.15, 0.2) is 30.5 Å². The van der Waals surface area contributed by atoms with Crippen LogP contribution in [0.3, 0.4) is 0 Å². The summed E-state index contributed by atoms with van der Waals surface area (Å²) in [6.45, 7) is 3.80. The molecule has 9 heteroatoms. The quantitative estimate of drug-likeness (QED) is 0.689. The number of ether oxygens (including phenoxy) is 2. The normalized spacial score (nSPS) is 12.3. The van der Waals surface area contributed by atoms with Crippen molar-refractivity contribution in [1.29, 1.82) is 0 Å². The van der Waals surface area contributed by atoms with Crippen molar-refractivity contribution in [2.45, 2.75) is 13.8 Å². The highest BCUT2D eigenvalue weighted by atomic mass is 35.5. The summed E-state index contributed by atoms with van der Waals surface area (Å²) in [6.07, 6.45) is 1.52. The molecule has 1 amide bonds. The third-order valence-electron chi connectivity index (χ3n) is 4.30. The van der Waals surface area contributed by atoms with Crippen molar-refractivity contribution in [3.63, 3.8) is 0 Å². The summed E-state index contributed by atoms with van der Waals surface area (Å²) in [7, 11) is 1.67. The van der Waals surface area contributed by atoms with Crippen molar-refractivity contribution in [2.24, 2.45) is 0 Å². The van der Waals surface area contributed by atoms with E-state index in [-0.39, 0.29) is 24.3 Å². The number of aryl methyl sites for hydroxylation is 1. The lowest BCUT2D eigenvalue weighted by Gasteiger charge is -2.17. The van der Waals surface area contributed by atoms with Gasteiger partial charge in [-0.3, -0.25) is 4.79 Å². The molecule has 1 aliphatic rings. The fourth-order valence-electron chi connectivity index (χ4n) is 2.77. The number of hydrogen-bond donors (Lipinski definition) is 0. The van der Waals surface area contributed by atoms with Gasteiger partial charge in [-0.1, -0.05) is 11.6 Å². The molecule has 0 spiro atoms. The van der Waals surface area contributed by atoms with Crippen LogP contribution in [0.25, 0.3) is 5.95 Å². The average Bonchev–Trinajstić information content (AvgIpc) is 3.26. The molecule has 0 bridgehead atoms. The maximum atomic E-state index is 12.9. The number of carbonyl (C=O) groups excluding carboxylic acids is 1. The molecule has 27 heavy (non-hydrogen) atoms. The Kier molecular flexibility index (Phi) is 4.19. The van der Waals surface area contributed by atoms with E-state index in [1.807, 2.05) is 6.92 Å². The van der Waals surface area contributed by atoms with Crippen LogP contribution >= 0.6 is 11.6 Å². The number of anilines is 1. The minimum Gasteiger partial charge on any atom is -0.454 e. The summed E-state index contributed by atoms with van der Waals surface area (Å²) in [5, 5.41) is 4.88. The van der Waals surface area contributed by atoms with Crippen molar-refractivity contribution in [2.75, 3.05) is 18.7 Å². The molecule has 8 nitrogen and oxygen atoms in total. The van der Waals surface area contributed by atoms with Crippen molar-refractivity contribution in [1.82, 2.24) is 19.7 Å². The number of amides is 1. The summed E-state index contributed by atoms with van der Waals surface area (Å²) in [5.41, 5.74) is 2.29. The van der Waals surface area contributed by atoms with Gasteiger partial charge in [0, 0.05) is 25.0 Å². The first-order valence-electron chi connectivity index (χ1n) is 8.18. The lowest BCUT2D eigenvalue weighted by molar-refractivity contribution is 0.0988. The Morgan fingerprint density at radius 3 is 2.74 bits per heavy atom. The topological polar surface area (TPSA) is 82.4 Å². The van der Waals surface area contributed by atoms with Gasteiger partial charge >= 0.3 is 0 Å². The zero-order valence-corrected chi connectivity index (χ0v) is 15.7. The first-order chi connectivity index (χ1) is 13.0. The van der Waals surface area contributed by atoms with Gasteiger partial charge in [0.2, 0.25) is 6.79 Å². The van der Waals surface area contributed by atoms with Gasteiger partial charge < -0.3 is 14.4 Å². The monoisotopic (exact) mass is 385 g/mol. The molecular formula is C18H16ClN5O3. The third-order valence-corrected chi connectivity index (χ3v) is 4.85. The molecule has 0 atom stereocenters. The molecule has 2 aromatic heterocycles. The largest absolute Gasteiger partial charge is 0.454 e. The number of fused-ring (bicyclic) bond motifs is 1. The Balaban J connectivity index is 1.65. The second-order valence-electron chi connectivity index (χ2n) is 6.04. The third kappa shape index (κ3) is 2.97. The molecule has 3 heterocycles. The van der Waals surface area contributed by atoms with E-state index in [1.54, 1.807) is 38.2 Å². The molecule has 0 saturated carbocycles. The summed E-state index contributed by atoms with van der Waals surface area (Å²) >= 11 is 6.19. The van der Waals surface area contributed by atoms with E-state index < -0.39 is 0 Å². The zero-order valence-electron chi connectivity index (χ0n) is 14.9. The maximum Gasteiger partial charge on any atom is 0.276 e. The van der Waals surface area contributed by atoms with Crippen LogP contribution in [0.5, 0.6) is 11.5 Å². The van der Waals surface area contributed by atoms with E-state index in [1.165, 1.54) is 15.8 Å². The second-order valence-corrected chi connectivity index (χ2v) is 6.42. The molecule has 138 valence electrons. The van der Waals surface area contributed by atoms with Crippen LogP contribution in [-0.4, -0.2) is 39.5 Å². The van der Waals surface area contributed by atoms with E-state index >= 15 is 0 Å². The molecule has 3 aromatic rings. The van der Waals surface area contributed by atoms with E-state index in [9.17, 15) is 4.79 Å². The number of rotatable bonds is 3. The first-order valence-corrected chi connectivity index (χ1v) is 8.56. The minimum absolute atomic E-state index is 0.177. The molecule has 4 rings (SSSR count). The molecule has 0 fully saturated rings. The van der Waals surface area contributed by atoms with Gasteiger partial charge in [0.05, 0.1) is 16.4 Å². The highest BCUT2D eigenvalue weighted by molar-refractivity contribution is 6.31. The summed E-state index contributed by atoms with van der Waals surface area (Å²) < 4.78 is 12.2. The predicted molar refractivity (Wildman–Crippen MR) is 98.9 cm³/mol. The lowest BCUT2D eigenvalue weighted by Crippen LogP contribution is -2.27. The molecule has 1 aliphatic heterocycles. The van der Waals surface area contributed by atoms with Gasteiger partial charge in [0.15, 0.2) is 11.5 Å². The second kappa shape index (κ2) is 6.55. The number of nitrogens with zero attached hydrogens (tertiary/aromatic N) is 5. The van der Waals surface area contributed by atoms with Crippen LogP contribution < -0.4 is 14.4 Å². The predicted octanol–water partition coefficient (Wildman–Crippen LogP) is 2.94. The number of aromatic nitrogens is 4. The van der Waals surface area contributed by atoms with Gasteiger partial charge in [-0.15, -0.1) is 0 Å². The average molecular weight is 386 g/mol. The maximum absolute atomic E-state index is 12.9. The van der Waals surface area contributed by atoms with E-state index in [0.29, 0.717) is 33.6 Å². The van der Waals surface area contributed by atoms with Crippen molar-refractivity contribution < 1.29 is 14.3 Å². The van der Waals surface area contributed by atoms with Gasteiger partial charge in [-0.25, -0.2) is 14.6 Å². The Labute approximate surface area is 160 Å². The SMILES string of the molecule is Cc1nn(-c2nccc(C(=O)N(C)c3ccc4c(c3)OCO4)n2)c(C)c1Cl. The van der Waals surface area contributed by atoms with Crippen LogP contribution in [0.1, 0.15) is 21.9 Å². The number of benzene rings is 1. The van der Waals surface area contributed by atoms with Crippen LogP contribution in [-0.2, 0) is 0 Å². The van der Waals surface area contributed by atoms with E-state index in [2.05, 4.69) is 15.1 Å². The van der Waals surface area contributed by atoms with Crippen LogP contribution in [0, 0.1) is 13.8 Å². The Morgan fingerprint density at radius 1 is 1.22 bits per heavy atom. The van der Waals surface area contributed by atoms with Gasteiger partial charge in [-0.2, -0.15) is 5.10 Å². The van der Waals surface area contributed by atoms with Crippen LogP contribution in [0.2, 0.25) is 5.02 Å². The van der Waals surface area contributed by atoms with Gasteiger partial charge in [-0.05, 0) is 32.0 Å². The van der Waals surface area contributed by atoms with Crippen molar-refractivity contribution >= 4 is 23.2 Å². The molecule has 1 aromatic carbocycles. The van der Waals surface area contributed by atoms with Crippen molar-refractivity contribution in [3.05, 3.63) is 52.6 Å². The number of carbonyl (C=O) groups is 1. The van der Waals surface area contributed by atoms with Gasteiger partial charge in [0.1, 0.15) is 5.69 Å². The first kappa shape index (κ1) is 17.3. The molecule has 0 unspecified atom stereocenters. The molecular weight excluding hydrogens is 370 g/mol. The highest BCUT2D eigenvalue weighted by Gasteiger charge is 2.21. The molecule has 0 N–H and O–H groups in total. The lowest BCUT2D eigenvalue weighted by atomic mass is 10.2. The van der Waals surface area contributed by atoms with Crippen LogP contribution in [0.4, 0.5) is 5.69 Å². The Morgan fingerprint density at radius 2 is 2.00 bits per heavy atom. The zero-order chi connectivity index (χ0) is 19.1. The molecule has 0 aliphatic carbocycles. The summed E-state index contributed by atoms with van der Waals surface area (Å²) in [5.74, 6) is 1.26. The number of hydrogen-bond acceptors (Lipinski definition) is 6. The smallest absolute Gasteiger partial charge is 0.276 e. The van der Waals surface area contributed by atoms with E-state index in [4.69, 9.17) is 21.1 Å². The Hall–Kier alpha value is -3.13. The summed E-state index contributed by atoms with van der Waals surface area (Å²) in [6, 6.07) is 6.87. The fourth-order valence-corrected chi connectivity index (χ4v) is 2.89. The Bertz CT molecular complexity index is 1050. The summed E-state index contributed by atoms with van der Waals surface area (Å²) in [4.78, 5) is 23.0. The molecule has 0 radical (unpaired) electrons. The molecule has 0 saturated heterocycles. The minimum atomic E-state index is -0.287. The fraction of sp³-hybridized carbons (Fsp3) is 0.222. The number of halogens is 1.